The lowest BCUT2D eigenvalue weighted by Gasteiger charge is -2.13. The summed E-state index contributed by atoms with van der Waals surface area (Å²) in [5, 5.41) is 7.49. The molecule has 0 fully saturated rings. The Balaban J connectivity index is 1.65. The van der Waals surface area contributed by atoms with Crippen LogP contribution in [0.2, 0.25) is 0 Å². The highest BCUT2D eigenvalue weighted by Gasteiger charge is 2.16. The Labute approximate surface area is 172 Å². The van der Waals surface area contributed by atoms with E-state index in [2.05, 4.69) is 21.7 Å². The molecular formula is C23H21N3O2S. The van der Waals surface area contributed by atoms with E-state index < -0.39 is 0 Å². The maximum atomic E-state index is 12.9. The zero-order chi connectivity index (χ0) is 20.4. The third kappa shape index (κ3) is 3.71. The zero-order valence-electron chi connectivity index (χ0n) is 16.3. The van der Waals surface area contributed by atoms with E-state index in [1.807, 2.05) is 48.1 Å². The largest absolute Gasteiger partial charge is 0.348 e. The molecule has 0 spiro atoms. The van der Waals surface area contributed by atoms with Crippen LogP contribution in [0, 0.1) is 6.92 Å². The molecule has 146 valence electrons. The second kappa shape index (κ2) is 8.01. The van der Waals surface area contributed by atoms with Gasteiger partial charge in [-0.15, -0.1) is 0 Å². The number of aromatic nitrogens is 2. The van der Waals surface area contributed by atoms with Gasteiger partial charge in [-0.2, -0.15) is 11.3 Å². The molecule has 1 N–H and O–H groups in total. The van der Waals surface area contributed by atoms with Gasteiger partial charge in [0.15, 0.2) is 0 Å². The first-order valence-electron chi connectivity index (χ1n) is 9.48. The van der Waals surface area contributed by atoms with E-state index in [1.54, 1.807) is 29.7 Å². The fourth-order valence-corrected chi connectivity index (χ4v) is 4.06. The van der Waals surface area contributed by atoms with Gasteiger partial charge >= 0.3 is 0 Å². The van der Waals surface area contributed by atoms with Crippen molar-refractivity contribution in [2.24, 2.45) is 0 Å². The quantitative estimate of drug-likeness (QED) is 0.538. The van der Waals surface area contributed by atoms with Gasteiger partial charge in [0.2, 0.25) is 5.43 Å². The zero-order valence-corrected chi connectivity index (χ0v) is 17.1. The molecule has 0 bridgehead atoms. The number of carbonyl (C=O) groups is 1. The van der Waals surface area contributed by atoms with Crippen molar-refractivity contribution in [3.05, 3.63) is 86.5 Å². The van der Waals surface area contributed by atoms with Gasteiger partial charge in [0.05, 0.1) is 5.39 Å². The van der Waals surface area contributed by atoms with Crippen LogP contribution in [0.1, 0.15) is 28.5 Å². The second-order valence-corrected chi connectivity index (χ2v) is 7.61. The number of benzene rings is 1. The number of hydrogen-bond donors (Lipinski definition) is 1. The Morgan fingerprint density at radius 2 is 2.00 bits per heavy atom. The van der Waals surface area contributed by atoms with Crippen LogP contribution in [0.3, 0.4) is 0 Å². The summed E-state index contributed by atoms with van der Waals surface area (Å²) in [6.07, 6.45) is 1.61. The molecule has 3 heterocycles. The molecule has 0 unspecified atom stereocenters. The van der Waals surface area contributed by atoms with Crippen LogP contribution >= 0.6 is 11.3 Å². The lowest BCUT2D eigenvalue weighted by molar-refractivity contribution is 0.0949. The highest BCUT2D eigenvalue weighted by Crippen LogP contribution is 2.25. The molecule has 0 aliphatic carbocycles. The van der Waals surface area contributed by atoms with Crippen LogP contribution in [0.4, 0.5) is 0 Å². The molecule has 1 amide bonds. The lowest BCUT2D eigenvalue weighted by atomic mass is 10.0. The second-order valence-electron chi connectivity index (χ2n) is 6.83. The molecule has 5 nitrogen and oxygen atoms in total. The fourth-order valence-electron chi connectivity index (χ4n) is 3.41. The van der Waals surface area contributed by atoms with Crippen molar-refractivity contribution in [2.45, 2.75) is 26.9 Å². The summed E-state index contributed by atoms with van der Waals surface area (Å²) < 4.78 is 1.85. The lowest BCUT2D eigenvalue weighted by Crippen LogP contribution is -2.30. The number of nitrogens with one attached hydrogen (secondary N) is 1. The van der Waals surface area contributed by atoms with Crippen molar-refractivity contribution < 1.29 is 4.79 Å². The maximum Gasteiger partial charge on any atom is 0.257 e. The van der Waals surface area contributed by atoms with Gasteiger partial charge in [0, 0.05) is 25.0 Å². The van der Waals surface area contributed by atoms with E-state index >= 15 is 0 Å². The predicted molar refractivity (Wildman–Crippen MR) is 117 cm³/mol. The molecule has 1 aromatic carbocycles. The van der Waals surface area contributed by atoms with Gasteiger partial charge in [-0.3, -0.25) is 9.59 Å². The van der Waals surface area contributed by atoms with Gasteiger partial charge in [-0.25, -0.2) is 4.98 Å². The molecule has 0 radical (unpaired) electrons. The van der Waals surface area contributed by atoms with Crippen LogP contribution in [-0.4, -0.2) is 15.5 Å². The highest BCUT2D eigenvalue weighted by molar-refractivity contribution is 7.08. The van der Waals surface area contributed by atoms with E-state index in [1.165, 1.54) is 0 Å². The smallest absolute Gasteiger partial charge is 0.257 e. The Morgan fingerprint density at radius 3 is 2.76 bits per heavy atom. The average molecular weight is 404 g/mol. The third-order valence-corrected chi connectivity index (χ3v) is 5.62. The number of thiophene rings is 1. The molecular weight excluding hydrogens is 382 g/mol. The number of carbonyl (C=O) groups excluding carboxylic acids is 1. The summed E-state index contributed by atoms with van der Waals surface area (Å²) in [5.41, 5.74) is 4.50. The van der Waals surface area contributed by atoms with E-state index in [0.717, 1.165) is 22.4 Å². The molecule has 4 rings (SSSR count). The normalized spacial score (nSPS) is 11.0. The molecule has 0 saturated carbocycles. The van der Waals surface area contributed by atoms with Crippen LogP contribution in [-0.2, 0) is 13.1 Å². The van der Waals surface area contributed by atoms with Gasteiger partial charge in [0.25, 0.3) is 5.91 Å². The van der Waals surface area contributed by atoms with Crippen LogP contribution < -0.4 is 10.7 Å². The highest BCUT2D eigenvalue weighted by atomic mass is 32.1. The van der Waals surface area contributed by atoms with Gasteiger partial charge < -0.3 is 9.88 Å². The van der Waals surface area contributed by atoms with Crippen molar-refractivity contribution >= 4 is 28.3 Å². The third-order valence-electron chi connectivity index (χ3n) is 4.93. The van der Waals surface area contributed by atoms with E-state index in [9.17, 15) is 9.59 Å². The fraction of sp³-hybridized carbons (Fsp3) is 0.174. The topological polar surface area (TPSA) is 64.0 Å². The molecule has 6 heteroatoms. The number of pyridine rings is 2. The molecule has 0 atom stereocenters. The number of fused-ring (bicyclic) bond motifs is 1. The van der Waals surface area contributed by atoms with Crippen molar-refractivity contribution in [3.63, 3.8) is 0 Å². The van der Waals surface area contributed by atoms with Crippen LogP contribution in [0.25, 0.3) is 22.2 Å². The Morgan fingerprint density at radius 1 is 1.17 bits per heavy atom. The summed E-state index contributed by atoms with van der Waals surface area (Å²) >= 11 is 1.64. The monoisotopic (exact) mass is 403 g/mol. The number of rotatable bonds is 5. The first-order chi connectivity index (χ1) is 14.1. The van der Waals surface area contributed by atoms with Crippen LogP contribution in [0.5, 0.6) is 0 Å². The van der Waals surface area contributed by atoms with E-state index in [0.29, 0.717) is 24.1 Å². The number of aryl methyl sites for hydroxylation is 2. The average Bonchev–Trinajstić information content (AvgIpc) is 3.27. The standard InChI is InChI=1S/C23H21N3O2S/c1-3-26-13-20(21(27)19-9-8-15(2)25-22(19)26)23(28)24-12-16-6-4-5-7-18(16)17-10-11-29-14-17/h4-11,13-14H,3,12H2,1-2H3,(H,24,28). The molecule has 0 aliphatic heterocycles. The summed E-state index contributed by atoms with van der Waals surface area (Å²) in [4.78, 5) is 30.2. The summed E-state index contributed by atoms with van der Waals surface area (Å²) in [7, 11) is 0. The SMILES string of the molecule is CCn1cc(C(=O)NCc2ccccc2-c2ccsc2)c(=O)c2ccc(C)nc21. The molecule has 4 aromatic rings. The number of amides is 1. The Kier molecular flexibility index (Phi) is 5.27. The van der Waals surface area contributed by atoms with Gasteiger partial charge in [-0.1, -0.05) is 24.3 Å². The molecule has 0 saturated heterocycles. The Bertz CT molecular complexity index is 1240. The molecule has 29 heavy (non-hydrogen) atoms. The van der Waals surface area contributed by atoms with Gasteiger partial charge in [0.1, 0.15) is 11.2 Å². The van der Waals surface area contributed by atoms with Crippen molar-refractivity contribution in [1.82, 2.24) is 14.9 Å². The van der Waals surface area contributed by atoms with Gasteiger partial charge in [-0.05, 0) is 59.5 Å². The Hall–Kier alpha value is -3.25. The summed E-state index contributed by atoms with van der Waals surface area (Å²) in [5.74, 6) is -0.375. The minimum Gasteiger partial charge on any atom is -0.348 e. The maximum absolute atomic E-state index is 12.9. The van der Waals surface area contributed by atoms with E-state index in [4.69, 9.17) is 0 Å². The summed E-state index contributed by atoms with van der Waals surface area (Å²) in [6.45, 7) is 4.82. The first kappa shape index (κ1) is 19.1. The van der Waals surface area contributed by atoms with Crippen LogP contribution in [0.15, 0.2) is 64.2 Å². The van der Waals surface area contributed by atoms with Crippen molar-refractivity contribution in [3.8, 4) is 11.1 Å². The number of hydrogen-bond acceptors (Lipinski definition) is 4. The number of nitrogens with zero attached hydrogens (tertiary/aromatic N) is 2. The van der Waals surface area contributed by atoms with E-state index in [-0.39, 0.29) is 16.9 Å². The predicted octanol–water partition coefficient (Wildman–Crippen LogP) is 4.38. The summed E-state index contributed by atoms with van der Waals surface area (Å²) in [6, 6.07) is 13.6. The van der Waals surface area contributed by atoms with Crippen molar-refractivity contribution in [1.29, 1.82) is 0 Å². The molecule has 0 aliphatic rings. The molecule has 3 aromatic heterocycles. The van der Waals surface area contributed by atoms with Crippen molar-refractivity contribution in [2.75, 3.05) is 0 Å². The minimum atomic E-state index is -0.375. The minimum absolute atomic E-state index is 0.137. The first-order valence-corrected chi connectivity index (χ1v) is 10.4.